The molecule has 24 heavy (non-hydrogen) atoms. The van der Waals surface area contributed by atoms with Crippen molar-refractivity contribution in [2.24, 2.45) is 0 Å². The number of ether oxygens (including phenoxy) is 2. The average Bonchev–Trinajstić information content (AvgIpc) is 2.99. The number of methoxy groups -OCH3 is 1. The largest absolute Gasteiger partial charge is 0.493 e. The van der Waals surface area contributed by atoms with Gasteiger partial charge in [0, 0.05) is 18.7 Å². The number of carbonyl (C=O) groups is 2. The van der Waals surface area contributed by atoms with Gasteiger partial charge < -0.3 is 18.9 Å². The third-order valence-corrected chi connectivity index (χ3v) is 3.40. The normalized spacial score (nSPS) is 10.3. The van der Waals surface area contributed by atoms with Crippen LogP contribution in [0.4, 0.5) is 0 Å². The molecule has 0 aliphatic carbocycles. The minimum absolute atomic E-state index is 0.0702. The van der Waals surface area contributed by atoms with Crippen molar-refractivity contribution in [3.63, 3.8) is 0 Å². The number of rotatable bonds is 8. The van der Waals surface area contributed by atoms with Crippen molar-refractivity contribution in [2.75, 3.05) is 20.8 Å². The van der Waals surface area contributed by atoms with Crippen LogP contribution in [-0.4, -0.2) is 43.0 Å². The van der Waals surface area contributed by atoms with Crippen LogP contribution in [0.25, 0.3) is 0 Å². The van der Waals surface area contributed by atoms with Crippen molar-refractivity contribution in [3.05, 3.63) is 41.3 Å². The number of aryl methyl sites for hydroxylation is 1. The fourth-order valence-corrected chi connectivity index (χ4v) is 2.14. The van der Waals surface area contributed by atoms with E-state index < -0.39 is 0 Å². The zero-order valence-electron chi connectivity index (χ0n) is 13.9. The van der Waals surface area contributed by atoms with E-state index in [0.29, 0.717) is 35.1 Å². The van der Waals surface area contributed by atoms with Crippen LogP contribution >= 0.6 is 0 Å². The molecule has 0 fully saturated rings. The molecule has 2 aromatic rings. The van der Waals surface area contributed by atoms with Gasteiger partial charge in [-0.3, -0.25) is 9.59 Å². The average molecular weight is 332 g/mol. The summed E-state index contributed by atoms with van der Waals surface area (Å²) in [5, 5.41) is 3.86. The van der Waals surface area contributed by atoms with E-state index in [1.165, 1.54) is 7.11 Å². The second kappa shape index (κ2) is 8.14. The molecule has 0 atom stereocenters. The lowest BCUT2D eigenvalue weighted by molar-refractivity contribution is -0.131. The maximum absolute atomic E-state index is 12.1. The van der Waals surface area contributed by atoms with Gasteiger partial charge in [-0.05, 0) is 25.1 Å². The van der Waals surface area contributed by atoms with E-state index in [0.717, 1.165) is 6.29 Å². The third kappa shape index (κ3) is 4.58. The lowest BCUT2D eigenvalue weighted by Gasteiger charge is -2.16. The van der Waals surface area contributed by atoms with Crippen LogP contribution in [0, 0.1) is 6.92 Å². The summed E-state index contributed by atoms with van der Waals surface area (Å²) in [6, 6.07) is 6.66. The molecule has 1 aromatic carbocycles. The molecular formula is C17H20N2O5. The van der Waals surface area contributed by atoms with Crippen LogP contribution in [0.2, 0.25) is 0 Å². The fraction of sp³-hybridized carbons (Fsp3) is 0.353. The van der Waals surface area contributed by atoms with Crippen molar-refractivity contribution < 1.29 is 23.6 Å². The van der Waals surface area contributed by atoms with Crippen LogP contribution < -0.4 is 9.47 Å². The minimum atomic E-state index is -0.0702. The minimum Gasteiger partial charge on any atom is -0.493 e. The van der Waals surface area contributed by atoms with Crippen LogP contribution in [0.5, 0.6) is 11.5 Å². The van der Waals surface area contributed by atoms with Gasteiger partial charge in [0.05, 0.1) is 26.7 Å². The van der Waals surface area contributed by atoms with Gasteiger partial charge >= 0.3 is 0 Å². The quantitative estimate of drug-likeness (QED) is 0.690. The molecule has 0 aliphatic heterocycles. The molecule has 2 rings (SSSR count). The van der Waals surface area contributed by atoms with E-state index in [-0.39, 0.29) is 18.9 Å². The monoisotopic (exact) mass is 332 g/mol. The number of aldehydes is 1. The summed E-state index contributed by atoms with van der Waals surface area (Å²) in [5.74, 6) is 1.59. The first-order valence-corrected chi connectivity index (χ1v) is 7.45. The van der Waals surface area contributed by atoms with Crippen LogP contribution in [0.1, 0.15) is 28.2 Å². The smallest absolute Gasteiger partial charge is 0.226 e. The molecule has 0 radical (unpaired) electrons. The molecule has 128 valence electrons. The molecule has 7 nitrogen and oxygen atoms in total. The molecular weight excluding hydrogens is 312 g/mol. The summed E-state index contributed by atoms with van der Waals surface area (Å²) in [6.07, 6.45) is 0.947. The van der Waals surface area contributed by atoms with Gasteiger partial charge in [0.2, 0.25) is 5.91 Å². The highest BCUT2D eigenvalue weighted by Gasteiger charge is 2.13. The summed E-state index contributed by atoms with van der Waals surface area (Å²) in [7, 11) is 3.20. The van der Waals surface area contributed by atoms with Crippen molar-refractivity contribution in [1.29, 1.82) is 0 Å². The zero-order chi connectivity index (χ0) is 17.5. The van der Waals surface area contributed by atoms with Gasteiger partial charge in [-0.25, -0.2) is 0 Å². The lowest BCUT2D eigenvalue weighted by Crippen LogP contribution is -2.27. The Bertz CT molecular complexity index is 711. The van der Waals surface area contributed by atoms with Gasteiger partial charge in [0.15, 0.2) is 11.5 Å². The Kier molecular flexibility index (Phi) is 5.95. The topological polar surface area (TPSA) is 81.9 Å². The Morgan fingerprint density at radius 1 is 1.33 bits per heavy atom. The SMILES string of the molecule is COc1cc(C=O)ccc1OCCC(=O)N(C)Cc1cc(C)on1. The van der Waals surface area contributed by atoms with Crippen molar-refractivity contribution >= 4 is 12.2 Å². The molecule has 1 aromatic heterocycles. The maximum Gasteiger partial charge on any atom is 0.226 e. The molecule has 1 amide bonds. The van der Waals surface area contributed by atoms with Crippen LogP contribution in [0.3, 0.4) is 0 Å². The summed E-state index contributed by atoms with van der Waals surface area (Å²) >= 11 is 0. The Balaban J connectivity index is 1.84. The standard InChI is InChI=1S/C17H20N2O5/c1-12-8-14(18-24-12)10-19(2)17(21)6-7-23-15-5-4-13(11-20)9-16(15)22-3/h4-5,8-9,11H,6-7,10H2,1-3H3. The predicted octanol–water partition coefficient (Wildman–Crippen LogP) is 2.23. The van der Waals surface area contributed by atoms with E-state index >= 15 is 0 Å². The van der Waals surface area contributed by atoms with E-state index in [4.69, 9.17) is 14.0 Å². The van der Waals surface area contributed by atoms with Crippen molar-refractivity contribution in [2.45, 2.75) is 19.9 Å². The molecule has 0 bridgehead atoms. The van der Waals surface area contributed by atoms with E-state index in [9.17, 15) is 9.59 Å². The summed E-state index contributed by atoms with van der Waals surface area (Å²) in [4.78, 5) is 24.4. The summed E-state index contributed by atoms with van der Waals surface area (Å²) < 4.78 is 15.7. The first kappa shape index (κ1) is 17.5. The predicted molar refractivity (Wildman–Crippen MR) is 86.2 cm³/mol. The number of hydrogen-bond donors (Lipinski definition) is 0. The van der Waals surface area contributed by atoms with Gasteiger partial charge in [0.1, 0.15) is 17.7 Å². The first-order valence-electron chi connectivity index (χ1n) is 7.45. The molecule has 0 saturated carbocycles. The van der Waals surface area contributed by atoms with Crippen molar-refractivity contribution in [3.8, 4) is 11.5 Å². The van der Waals surface area contributed by atoms with Crippen LogP contribution in [-0.2, 0) is 11.3 Å². The third-order valence-electron chi connectivity index (χ3n) is 3.40. The maximum atomic E-state index is 12.1. The van der Waals surface area contributed by atoms with Gasteiger partial charge in [-0.15, -0.1) is 0 Å². The van der Waals surface area contributed by atoms with Crippen LogP contribution in [0.15, 0.2) is 28.8 Å². The Hall–Kier alpha value is -2.83. The molecule has 0 aliphatic rings. The van der Waals surface area contributed by atoms with Gasteiger partial charge in [0.25, 0.3) is 0 Å². The number of hydrogen-bond acceptors (Lipinski definition) is 6. The molecule has 1 heterocycles. The highest BCUT2D eigenvalue weighted by Crippen LogP contribution is 2.27. The molecule has 0 saturated heterocycles. The Labute approximate surface area is 140 Å². The fourth-order valence-electron chi connectivity index (χ4n) is 2.14. The number of aromatic nitrogens is 1. The second-order valence-electron chi connectivity index (χ2n) is 5.31. The highest BCUT2D eigenvalue weighted by molar-refractivity contribution is 5.77. The summed E-state index contributed by atoms with van der Waals surface area (Å²) in [6.45, 7) is 2.39. The van der Waals surface area contributed by atoms with Crippen molar-refractivity contribution in [1.82, 2.24) is 10.1 Å². The number of nitrogens with zero attached hydrogens (tertiary/aromatic N) is 2. The van der Waals surface area contributed by atoms with E-state index in [1.807, 2.05) is 0 Å². The Morgan fingerprint density at radius 2 is 2.12 bits per heavy atom. The van der Waals surface area contributed by atoms with Gasteiger partial charge in [-0.1, -0.05) is 5.16 Å². The first-order chi connectivity index (χ1) is 11.5. The lowest BCUT2D eigenvalue weighted by atomic mass is 10.2. The Morgan fingerprint density at radius 3 is 2.75 bits per heavy atom. The number of carbonyl (C=O) groups excluding carboxylic acids is 2. The summed E-state index contributed by atoms with van der Waals surface area (Å²) in [5.41, 5.74) is 1.20. The van der Waals surface area contributed by atoms with E-state index in [1.54, 1.807) is 43.1 Å². The highest BCUT2D eigenvalue weighted by atomic mass is 16.5. The van der Waals surface area contributed by atoms with E-state index in [2.05, 4.69) is 5.16 Å². The molecule has 7 heteroatoms. The zero-order valence-corrected chi connectivity index (χ0v) is 13.9. The molecule has 0 N–H and O–H groups in total. The number of benzene rings is 1. The molecule has 0 spiro atoms. The van der Waals surface area contributed by atoms with Gasteiger partial charge in [-0.2, -0.15) is 0 Å². The number of amides is 1. The molecule has 0 unspecified atom stereocenters. The second-order valence-corrected chi connectivity index (χ2v) is 5.31.